The molecule has 2 unspecified atom stereocenters. The molecule has 1 aromatic heterocycles. The third-order valence-corrected chi connectivity index (χ3v) is 7.10. The Kier molecular flexibility index (Phi) is 7.73. The third-order valence-electron chi connectivity index (χ3n) is 7.10. The lowest BCUT2D eigenvalue weighted by molar-refractivity contribution is 0.0463. The molecule has 0 aliphatic carbocycles. The third kappa shape index (κ3) is 4.80. The number of anilines is 1. The number of likely N-dealkylation sites (N-methyl/N-ethyl adjacent to an activating group) is 1. The largest absolute Gasteiger partial charge is 0.423 e. The second-order valence-electron chi connectivity index (χ2n) is 8.98. The number of nitrogens with zero attached hydrogens (tertiary/aromatic N) is 4. The molecule has 0 radical (unpaired) electrons. The fourth-order valence-electron chi connectivity index (χ4n) is 5.25. The number of hydrogen-bond donors (Lipinski definition) is 1. The second-order valence-corrected chi connectivity index (χ2v) is 8.98. The first-order valence-electron chi connectivity index (χ1n) is 10.9. The zero-order valence-corrected chi connectivity index (χ0v) is 19.9. The normalized spacial score (nSPS) is 26.8. The van der Waals surface area contributed by atoms with Crippen LogP contribution >= 0.6 is 24.8 Å². The first-order valence-corrected chi connectivity index (χ1v) is 10.9. The predicted molar refractivity (Wildman–Crippen MR) is 128 cm³/mol. The number of halogens is 2. The van der Waals surface area contributed by atoms with E-state index in [2.05, 4.69) is 34.1 Å². The Morgan fingerprint density at radius 3 is 2.42 bits per heavy atom. The number of benzene rings is 1. The van der Waals surface area contributed by atoms with E-state index < -0.39 is 0 Å². The molecule has 2 aromatic rings. The van der Waals surface area contributed by atoms with Crippen LogP contribution in [0, 0.1) is 0 Å². The summed E-state index contributed by atoms with van der Waals surface area (Å²) in [6, 6.07) is 7.72. The molecule has 3 aliphatic rings. The lowest BCUT2D eigenvalue weighted by Crippen LogP contribution is -2.55. The fraction of sp³-hybridized carbons (Fsp3) is 0.636. The zero-order chi connectivity index (χ0) is 20.0. The summed E-state index contributed by atoms with van der Waals surface area (Å²) in [5.41, 5.74) is 1.98. The van der Waals surface area contributed by atoms with Gasteiger partial charge in [-0.05, 0) is 51.9 Å². The van der Waals surface area contributed by atoms with Crippen molar-refractivity contribution in [3.05, 3.63) is 23.8 Å². The number of piperidine rings is 2. The summed E-state index contributed by atoms with van der Waals surface area (Å²) in [5, 5.41) is 3.30. The minimum atomic E-state index is -0.0264. The van der Waals surface area contributed by atoms with Crippen LogP contribution in [0.1, 0.15) is 42.5 Å². The molecule has 3 saturated heterocycles. The van der Waals surface area contributed by atoms with Gasteiger partial charge in [0.1, 0.15) is 5.52 Å². The van der Waals surface area contributed by atoms with E-state index in [4.69, 9.17) is 9.40 Å². The van der Waals surface area contributed by atoms with E-state index in [-0.39, 0.29) is 36.8 Å². The van der Waals surface area contributed by atoms with E-state index in [0.29, 0.717) is 34.8 Å². The molecule has 2 atom stereocenters. The van der Waals surface area contributed by atoms with Crippen molar-refractivity contribution < 1.29 is 9.21 Å². The van der Waals surface area contributed by atoms with Gasteiger partial charge in [0.05, 0.1) is 5.56 Å². The number of para-hydroxylation sites is 1. The van der Waals surface area contributed by atoms with Crippen molar-refractivity contribution in [1.82, 2.24) is 20.1 Å². The summed E-state index contributed by atoms with van der Waals surface area (Å²) < 4.78 is 6.01. The molecule has 4 heterocycles. The van der Waals surface area contributed by atoms with Crippen LogP contribution in [0.25, 0.3) is 11.1 Å². The van der Waals surface area contributed by atoms with Crippen molar-refractivity contribution in [3.63, 3.8) is 0 Å². The van der Waals surface area contributed by atoms with E-state index in [1.165, 1.54) is 19.3 Å². The molecule has 3 fully saturated rings. The van der Waals surface area contributed by atoms with Crippen LogP contribution in [0.4, 0.5) is 6.01 Å². The van der Waals surface area contributed by atoms with Gasteiger partial charge in [-0.1, -0.05) is 12.5 Å². The first kappa shape index (κ1) is 24.1. The highest BCUT2D eigenvalue weighted by Crippen LogP contribution is 2.33. The Balaban J connectivity index is 0.00000136. The van der Waals surface area contributed by atoms with Gasteiger partial charge in [-0.25, -0.2) is 0 Å². The summed E-state index contributed by atoms with van der Waals surface area (Å²) in [6.07, 6.45) is 5.88. The molecule has 1 aromatic carbocycles. The van der Waals surface area contributed by atoms with E-state index in [0.717, 1.165) is 39.0 Å². The monoisotopic (exact) mass is 469 g/mol. The molecule has 31 heavy (non-hydrogen) atoms. The van der Waals surface area contributed by atoms with E-state index in [1.807, 2.05) is 18.2 Å². The highest BCUT2D eigenvalue weighted by atomic mass is 35.5. The standard InChI is InChI=1S/C22H31N5O2.2ClH/c1-25-9-11-27(12-10-25)22-24-20-18(7-4-8-19(20)29-22)21(28)23-15-13-16-5-3-6-17(14-15)26(16)2;;/h4,7-8,15-17H,3,5-6,9-14H2,1-2H3,(H,23,28);2*1H. The Bertz CT molecular complexity index is 885. The Morgan fingerprint density at radius 2 is 1.74 bits per heavy atom. The highest BCUT2D eigenvalue weighted by molar-refractivity contribution is 6.04. The fourth-order valence-corrected chi connectivity index (χ4v) is 5.25. The molecular formula is C22H33Cl2N5O2. The van der Waals surface area contributed by atoms with Crippen LogP contribution < -0.4 is 10.2 Å². The Morgan fingerprint density at radius 1 is 1.06 bits per heavy atom. The smallest absolute Gasteiger partial charge is 0.298 e. The van der Waals surface area contributed by atoms with Gasteiger partial charge in [-0.2, -0.15) is 4.98 Å². The first-order chi connectivity index (χ1) is 14.1. The number of hydrogen-bond acceptors (Lipinski definition) is 6. The number of nitrogens with one attached hydrogen (secondary N) is 1. The van der Waals surface area contributed by atoms with E-state index in [1.54, 1.807) is 0 Å². The highest BCUT2D eigenvalue weighted by Gasteiger charge is 2.36. The summed E-state index contributed by atoms with van der Waals surface area (Å²) in [4.78, 5) is 24.8. The SMILES string of the molecule is CN1CCN(c2nc3c(C(=O)NC4CC5CCCC(C4)N5C)cccc3o2)CC1.Cl.Cl. The van der Waals surface area contributed by atoms with Crippen LogP contribution in [0.3, 0.4) is 0 Å². The molecular weight excluding hydrogens is 437 g/mol. The zero-order valence-electron chi connectivity index (χ0n) is 18.2. The van der Waals surface area contributed by atoms with Gasteiger partial charge < -0.3 is 24.4 Å². The quantitative estimate of drug-likeness (QED) is 0.744. The van der Waals surface area contributed by atoms with Gasteiger partial charge in [-0.3, -0.25) is 4.79 Å². The second kappa shape index (κ2) is 9.94. The van der Waals surface area contributed by atoms with Crippen molar-refractivity contribution in [2.45, 2.75) is 50.2 Å². The number of fused-ring (bicyclic) bond motifs is 3. The number of aromatic nitrogens is 1. The summed E-state index contributed by atoms with van der Waals surface area (Å²) in [7, 11) is 4.37. The number of oxazole rings is 1. The van der Waals surface area contributed by atoms with E-state index in [9.17, 15) is 4.79 Å². The van der Waals surface area contributed by atoms with Gasteiger partial charge in [0.15, 0.2) is 5.58 Å². The molecule has 9 heteroatoms. The molecule has 0 saturated carbocycles. The number of carbonyl (C=O) groups excluding carboxylic acids is 1. The summed E-state index contributed by atoms with van der Waals surface area (Å²) in [6.45, 7) is 3.77. The van der Waals surface area contributed by atoms with Gasteiger partial charge in [0.25, 0.3) is 11.9 Å². The lowest BCUT2D eigenvalue weighted by atomic mass is 9.82. The minimum absolute atomic E-state index is 0. The van der Waals surface area contributed by atoms with Gasteiger partial charge in [0, 0.05) is 44.3 Å². The Hall–Kier alpha value is -1.54. The topological polar surface area (TPSA) is 64.8 Å². The maximum Gasteiger partial charge on any atom is 0.298 e. The molecule has 3 aliphatic heterocycles. The molecule has 2 bridgehead atoms. The number of rotatable bonds is 3. The average molecular weight is 470 g/mol. The van der Waals surface area contributed by atoms with Crippen LogP contribution in [0.15, 0.2) is 22.6 Å². The van der Waals surface area contributed by atoms with Crippen LogP contribution in [0.5, 0.6) is 0 Å². The number of piperazine rings is 1. The molecule has 172 valence electrons. The van der Waals surface area contributed by atoms with Gasteiger partial charge in [-0.15, -0.1) is 24.8 Å². The molecule has 1 N–H and O–H groups in total. The molecule has 5 rings (SSSR count). The lowest BCUT2D eigenvalue weighted by Gasteiger charge is -2.47. The minimum Gasteiger partial charge on any atom is -0.423 e. The number of carbonyl (C=O) groups is 1. The van der Waals surface area contributed by atoms with Crippen molar-refractivity contribution in [1.29, 1.82) is 0 Å². The van der Waals surface area contributed by atoms with Crippen LogP contribution in [0.2, 0.25) is 0 Å². The molecule has 1 amide bonds. The summed E-state index contributed by atoms with van der Waals surface area (Å²) >= 11 is 0. The van der Waals surface area contributed by atoms with Crippen LogP contribution in [-0.2, 0) is 0 Å². The predicted octanol–water partition coefficient (Wildman–Crippen LogP) is 3.17. The van der Waals surface area contributed by atoms with Gasteiger partial charge >= 0.3 is 0 Å². The summed E-state index contributed by atoms with van der Waals surface area (Å²) in [5.74, 6) is -0.0264. The molecule has 7 nitrogen and oxygen atoms in total. The van der Waals surface area contributed by atoms with Crippen molar-refractivity contribution in [2.24, 2.45) is 0 Å². The maximum atomic E-state index is 13.1. The Labute approximate surface area is 196 Å². The average Bonchev–Trinajstić information content (AvgIpc) is 3.13. The van der Waals surface area contributed by atoms with Crippen molar-refractivity contribution in [2.75, 3.05) is 45.2 Å². The molecule has 0 spiro atoms. The van der Waals surface area contributed by atoms with Crippen LogP contribution in [-0.4, -0.2) is 79.1 Å². The van der Waals surface area contributed by atoms with E-state index >= 15 is 0 Å². The number of amides is 1. The van der Waals surface area contributed by atoms with Gasteiger partial charge in [0.2, 0.25) is 0 Å². The van der Waals surface area contributed by atoms with Crippen molar-refractivity contribution in [3.8, 4) is 0 Å². The maximum absolute atomic E-state index is 13.1. The van der Waals surface area contributed by atoms with Crippen molar-refractivity contribution >= 4 is 47.8 Å².